The number of nitrogens with zero attached hydrogens (tertiary/aromatic N) is 3. The van der Waals surface area contributed by atoms with E-state index < -0.39 is 0 Å². The molecule has 2 N–H and O–H groups in total. The van der Waals surface area contributed by atoms with Gasteiger partial charge in [0.25, 0.3) is 0 Å². The highest BCUT2D eigenvalue weighted by Crippen LogP contribution is 2.14. The van der Waals surface area contributed by atoms with Crippen molar-refractivity contribution >= 4 is 23.1 Å². The fourth-order valence-electron chi connectivity index (χ4n) is 1.45. The molecule has 0 aliphatic rings. The summed E-state index contributed by atoms with van der Waals surface area (Å²) in [6.45, 7) is 5.77. The van der Waals surface area contributed by atoms with Gasteiger partial charge in [-0.2, -0.15) is 4.98 Å². The zero-order chi connectivity index (χ0) is 12.8. The molecule has 2 heterocycles. The number of hydrogen-bond donors (Lipinski definition) is 2. The van der Waals surface area contributed by atoms with Crippen molar-refractivity contribution in [2.45, 2.75) is 26.8 Å². The van der Waals surface area contributed by atoms with E-state index in [0.717, 1.165) is 31.0 Å². The summed E-state index contributed by atoms with van der Waals surface area (Å²) in [5.41, 5.74) is 2.94. The van der Waals surface area contributed by atoms with Gasteiger partial charge in [0, 0.05) is 17.6 Å². The van der Waals surface area contributed by atoms with Crippen molar-refractivity contribution in [3.63, 3.8) is 0 Å². The highest BCUT2D eigenvalue weighted by atomic mass is 32.1. The Morgan fingerprint density at radius 3 is 2.89 bits per heavy atom. The molecule has 0 spiro atoms. The Labute approximate surface area is 111 Å². The van der Waals surface area contributed by atoms with Crippen LogP contribution in [0, 0.1) is 6.92 Å². The van der Waals surface area contributed by atoms with Crippen molar-refractivity contribution in [2.75, 3.05) is 17.2 Å². The Balaban J connectivity index is 1.95. The lowest BCUT2D eigenvalue weighted by atomic mass is 10.4. The van der Waals surface area contributed by atoms with E-state index in [4.69, 9.17) is 0 Å². The summed E-state index contributed by atoms with van der Waals surface area (Å²) in [4.78, 5) is 14.0. The van der Waals surface area contributed by atoms with Crippen LogP contribution in [0.3, 0.4) is 0 Å². The van der Waals surface area contributed by atoms with Crippen LogP contribution in [0.15, 0.2) is 17.8 Å². The first kappa shape index (κ1) is 12.8. The minimum atomic E-state index is 0.669. The summed E-state index contributed by atoms with van der Waals surface area (Å²) < 4.78 is 0. The van der Waals surface area contributed by atoms with Crippen LogP contribution in [0.2, 0.25) is 0 Å². The molecule has 2 rings (SSSR count). The zero-order valence-electron chi connectivity index (χ0n) is 10.6. The van der Waals surface area contributed by atoms with Gasteiger partial charge in [-0.05, 0) is 19.4 Å². The second-order valence-electron chi connectivity index (χ2n) is 3.91. The monoisotopic (exact) mass is 263 g/mol. The second kappa shape index (κ2) is 6.30. The van der Waals surface area contributed by atoms with Gasteiger partial charge < -0.3 is 10.6 Å². The van der Waals surface area contributed by atoms with E-state index in [9.17, 15) is 0 Å². The summed E-state index contributed by atoms with van der Waals surface area (Å²) in [5, 5.41) is 6.45. The van der Waals surface area contributed by atoms with Crippen molar-refractivity contribution in [1.29, 1.82) is 0 Å². The van der Waals surface area contributed by atoms with Gasteiger partial charge >= 0.3 is 0 Å². The molecule has 0 saturated heterocycles. The number of thiazole rings is 1. The van der Waals surface area contributed by atoms with Gasteiger partial charge in [-0.25, -0.2) is 9.97 Å². The van der Waals surface area contributed by atoms with Gasteiger partial charge in [-0.3, -0.25) is 0 Å². The van der Waals surface area contributed by atoms with E-state index in [1.165, 1.54) is 4.88 Å². The summed E-state index contributed by atoms with van der Waals surface area (Å²) in [7, 11) is 0. The maximum Gasteiger partial charge on any atom is 0.224 e. The van der Waals surface area contributed by atoms with E-state index in [2.05, 4.69) is 32.5 Å². The minimum Gasteiger partial charge on any atom is -0.365 e. The lowest BCUT2D eigenvalue weighted by Crippen LogP contribution is -2.07. The van der Waals surface area contributed by atoms with Gasteiger partial charge in [0.05, 0.1) is 17.7 Å². The third-order valence-corrected chi connectivity index (χ3v) is 3.40. The normalized spacial score (nSPS) is 10.3. The van der Waals surface area contributed by atoms with Gasteiger partial charge in [-0.15, -0.1) is 11.3 Å². The lowest BCUT2D eigenvalue weighted by Gasteiger charge is -2.07. The molecule has 0 atom stereocenters. The number of anilines is 2. The van der Waals surface area contributed by atoms with Crippen LogP contribution in [0.1, 0.15) is 23.9 Å². The van der Waals surface area contributed by atoms with Gasteiger partial charge in [0.15, 0.2) is 0 Å². The number of aryl methyl sites for hydroxylation is 1. The van der Waals surface area contributed by atoms with Crippen LogP contribution >= 0.6 is 11.3 Å². The van der Waals surface area contributed by atoms with Crippen molar-refractivity contribution < 1.29 is 0 Å². The van der Waals surface area contributed by atoms with Crippen molar-refractivity contribution in [1.82, 2.24) is 15.0 Å². The van der Waals surface area contributed by atoms with Gasteiger partial charge in [0.2, 0.25) is 5.95 Å². The summed E-state index contributed by atoms with van der Waals surface area (Å²) in [6.07, 6.45) is 2.81. The smallest absolute Gasteiger partial charge is 0.224 e. The molecule has 0 fully saturated rings. The zero-order valence-corrected chi connectivity index (χ0v) is 11.4. The van der Waals surface area contributed by atoms with Crippen molar-refractivity contribution in [2.24, 2.45) is 0 Å². The summed E-state index contributed by atoms with van der Waals surface area (Å²) >= 11 is 1.65. The van der Waals surface area contributed by atoms with E-state index in [1.807, 2.05) is 18.5 Å². The molecule has 0 aliphatic heterocycles. The Kier molecular flexibility index (Phi) is 4.46. The highest BCUT2D eigenvalue weighted by Gasteiger charge is 2.02. The average Bonchev–Trinajstić information content (AvgIpc) is 2.80. The van der Waals surface area contributed by atoms with Crippen molar-refractivity contribution in [3.05, 3.63) is 28.3 Å². The molecular weight excluding hydrogens is 246 g/mol. The SMILES string of the molecule is CCCNc1nccc(NCc2scnc2C)n1. The Hall–Kier alpha value is -1.69. The molecule has 0 aliphatic carbocycles. The van der Waals surface area contributed by atoms with Crippen molar-refractivity contribution in [3.8, 4) is 0 Å². The van der Waals surface area contributed by atoms with Crippen LogP contribution in [0.25, 0.3) is 0 Å². The molecule has 0 radical (unpaired) electrons. The predicted molar refractivity (Wildman–Crippen MR) is 75.0 cm³/mol. The van der Waals surface area contributed by atoms with E-state index in [-0.39, 0.29) is 0 Å². The molecular formula is C12H17N5S. The number of aromatic nitrogens is 3. The third-order valence-electron chi connectivity index (χ3n) is 2.46. The maximum atomic E-state index is 4.39. The quantitative estimate of drug-likeness (QED) is 0.839. The predicted octanol–water partition coefficient (Wildman–Crippen LogP) is 2.68. The van der Waals surface area contributed by atoms with E-state index >= 15 is 0 Å². The number of nitrogens with one attached hydrogen (secondary N) is 2. The Bertz CT molecular complexity index is 497. The van der Waals surface area contributed by atoms with Crippen LogP contribution in [0.5, 0.6) is 0 Å². The number of hydrogen-bond acceptors (Lipinski definition) is 6. The fraction of sp³-hybridized carbons (Fsp3) is 0.417. The van der Waals surface area contributed by atoms with Crippen LogP contribution in [0.4, 0.5) is 11.8 Å². The highest BCUT2D eigenvalue weighted by molar-refractivity contribution is 7.09. The first-order valence-electron chi connectivity index (χ1n) is 5.99. The number of rotatable bonds is 6. The third kappa shape index (κ3) is 3.40. The van der Waals surface area contributed by atoms with E-state index in [1.54, 1.807) is 17.5 Å². The first-order valence-corrected chi connectivity index (χ1v) is 6.87. The maximum absolute atomic E-state index is 4.39. The van der Waals surface area contributed by atoms with Crippen LogP contribution in [-0.4, -0.2) is 21.5 Å². The standard InChI is InChI=1S/C12H17N5S/c1-3-5-13-12-14-6-4-11(17-12)15-7-10-9(2)16-8-18-10/h4,6,8H,3,5,7H2,1-2H3,(H2,13,14,15,17). The molecule has 6 heteroatoms. The summed E-state index contributed by atoms with van der Waals surface area (Å²) in [5.74, 6) is 1.50. The van der Waals surface area contributed by atoms with Crippen LogP contribution in [-0.2, 0) is 6.54 Å². The first-order chi connectivity index (χ1) is 8.79. The second-order valence-corrected chi connectivity index (χ2v) is 4.85. The molecule has 96 valence electrons. The van der Waals surface area contributed by atoms with Crippen LogP contribution < -0.4 is 10.6 Å². The topological polar surface area (TPSA) is 62.7 Å². The lowest BCUT2D eigenvalue weighted by molar-refractivity contribution is 0.950. The van der Waals surface area contributed by atoms with Gasteiger partial charge in [0.1, 0.15) is 5.82 Å². The Morgan fingerprint density at radius 2 is 2.17 bits per heavy atom. The van der Waals surface area contributed by atoms with Gasteiger partial charge in [-0.1, -0.05) is 6.92 Å². The Morgan fingerprint density at radius 1 is 1.28 bits per heavy atom. The molecule has 2 aromatic heterocycles. The molecule has 0 amide bonds. The minimum absolute atomic E-state index is 0.669. The average molecular weight is 263 g/mol. The summed E-state index contributed by atoms with van der Waals surface area (Å²) in [6, 6.07) is 1.87. The van der Waals surface area contributed by atoms with E-state index in [0.29, 0.717) is 5.95 Å². The molecule has 18 heavy (non-hydrogen) atoms. The molecule has 0 aromatic carbocycles. The largest absolute Gasteiger partial charge is 0.365 e. The molecule has 2 aromatic rings. The molecule has 0 bridgehead atoms. The molecule has 5 nitrogen and oxygen atoms in total. The molecule has 0 unspecified atom stereocenters. The fourth-order valence-corrected chi connectivity index (χ4v) is 2.16. The molecule has 0 saturated carbocycles.